The molecule has 1 aromatic carbocycles. The summed E-state index contributed by atoms with van der Waals surface area (Å²) in [4.78, 5) is 18.8. The van der Waals surface area contributed by atoms with Gasteiger partial charge in [-0.05, 0) is 19.0 Å². The minimum absolute atomic E-state index is 0.0757. The van der Waals surface area contributed by atoms with E-state index in [9.17, 15) is 9.90 Å². The lowest BCUT2D eigenvalue weighted by molar-refractivity contribution is -0.135. The summed E-state index contributed by atoms with van der Waals surface area (Å²) in [5.74, 6) is 0.0181. The van der Waals surface area contributed by atoms with Gasteiger partial charge in [0, 0.05) is 52.2 Å². The van der Waals surface area contributed by atoms with Gasteiger partial charge < -0.3 is 14.9 Å². The highest BCUT2D eigenvalue weighted by atomic mass is 16.3. The molecule has 2 rings (SSSR count). The lowest BCUT2D eigenvalue weighted by atomic mass is 10.00. The zero-order valence-electron chi connectivity index (χ0n) is 15.2. The van der Waals surface area contributed by atoms with Crippen molar-refractivity contribution in [2.24, 2.45) is 5.92 Å². The van der Waals surface area contributed by atoms with Crippen LogP contribution in [0.1, 0.15) is 12.5 Å². The number of nitrogens with zero attached hydrogens (tertiary/aromatic N) is 3. The van der Waals surface area contributed by atoms with E-state index in [-0.39, 0.29) is 11.8 Å². The molecule has 0 aromatic heterocycles. The molecule has 2 atom stereocenters. The van der Waals surface area contributed by atoms with Crippen LogP contribution in [0.15, 0.2) is 30.3 Å². The molecule has 0 radical (unpaired) electrons. The SMILES string of the molecule is CC(Cc1ccccc1)C(=O)N(C)CC(O)CN1CCN(C)CC1. The van der Waals surface area contributed by atoms with E-state index in [1.54, 1.807) is 11.9 Å². The fourth-order valence-corrected chi connectivity index (χ4v) is 3.22. The number of β-amino-alcohol motifs (C(OH)–C–C–N with tert-alkyl or cyclic N) is 1. The molecule has 5 heteroatoms. The lowest BCUT2D eigenvalue weighted by Gasteiger charge is -2.34. The molecule has 0 saturated carbocycles. The quantitative estimate of drug-likeness (QED) is 0.806. The van der Waals surface area contributed by atoms with Crippen molar-refractivity contribution in [2.75, 3.05) is 53.4 Å². The Morgan fingerprint density at radius 1 is 1.21 bits per heavy atom. The number of piperazine rings is 1. The fraction of sp³-hybridized carbons (Fsp3) is 0.632. The highest BCUT2D eigenvalue weighted by Gasteiger charge is 2.22. The van der Waals surface area contributed by atoms with E-state index in [0.717, 1.165) is 32.6 Å². The number of carbonyl (C=O) groups is 1. The fourth-order valence-electron chi connectivity index (χ4n) is 3.22. The van der Waals surface area contributed by atoms with Crippen molar-refractivity contribution in [3.8, 4) is 0 Å². The van der Waals surface area contributed by atoms with Crippen LogP contribution in [0.3, 0.4) is 0 Å². The normalized spacial score (nSPS) is 19.0. The molecule has 24 heavy (non-hydrogen) atoms. The molecule has 1 saturated heterocycles. The summed E-state index contributed by atoms with van der Waals surface area (Å²) in [6, 6.07) is 10.1. The number of hydrogen-bond acceptors (Lipinski definition) is 4. The summed E-state index contributed by atoms with van der Waals surface area (Å²) >= 11 is 0. The molecule has 0 bridgehead atoms. The number of aliphatic hydroxyl groups excluding tert-OH is 1. The molecule has 2 unspecified atom stereocenters. The summed E-state index contributed by atoms with van der Waals surface area (Å²) < 4.78 is 0. The minimum Gasteiger partial charge on any atom is -0.390 e. The molecule has 1 aromatic rings. The first-order chi connectivity index (χ1) is 11.5. The molecular weight excluding hydrogens is 302 g/mol. The Balaban J connectivity index is 1.75. The monoisotopic (exact) mass is 333 g/mol. The van der Waals surface area contributed by atoms with Gasteiger partial charge in [0.25, 0.3) is 0 Å². The summed E-state index contributed by atoms with van der Waals surface area (Å²) in [7, 11) is 3.91. The maximum Gasteiger partial charge on any atom is 0.225 e. The van der Waals surface area contributed by atoms with Crippen LogP contribution in [-0.4, -0.2) is 85.2 Å². The average molecular weight is 333 g/mol. The van der Waals surface area contributed by atoms with Gasteiger partial charge in [0.2, 0.25) is 5.91 Å². The number of carbonyl (C=O) groups excluding carboxylic acids is 1. The minimum atomic E-state index is -0.494. The smallest absolute Gasteiger partial charge is 0.225 e. The maximum atomic E-state index is 12.5. The number of aliphatic hydroxyl groups is 1. The number of benzene rings is 1. The average Bonchev–Trinajstić information content (AvgIpc) is 2.57. The van der Waals surface area contributed by atoms with Gasteiger partial charge in [0.05, 0.1) is 6.10 Å². The van der Waals surface area contributed by atoms with Crippen molar-refractivity contribution in [1.29, 1.82) is 0 Å². The molecule has 1 N–H and O–H groups in total. The Bertz CT molecular complexity index is 501. The number of hydrogen-bond donors (Lipinski definition) is 1. The van der Waals surface area contributed by atoms with Crippen LogP contribution in [0.5, 0.6) is 0 Å². The molecule has 1 fully saturated rings. The third kappa shape index (κ3) is 5.89. The predicted molar refractivity (Wildman–Crippen MR) is 96.9 cm³/mol. The van der Waals surface area contributed by atoms with Crippen LogP contribution in [-0.2, 0) is 11.2 Å². The van der Waals surface area contributed by atoms with Crippen molar-refractivity contribution in [3.63, 3.8) is 0 Å². The topological polar surface area (TPSA) is 47.0 Å². The van der Waals surface area contributed by atoms with Crippen LogP contribution >= 0.6 is 0 Å². The van der Waals surface area contributed by atoms with Gasteiger partial charge in [-0.15, -0.1) is 0 Å². The largest absolute Gasteiger partial charge is 0.390 e. The van der Waals surface area contributed by atoms with Gasteiger partial charge in [-0.1, -0.05) is 37.3 Å². The van der Waals surface area contributed by atoms with Crippen LogP contribution in [0.4, 0.5) is 0 Å². The van der Waals surface area contributed by atoms with E-state index in [0.29, 0.717) is 13.1 Å². The Kier molecular flexibility index (Phi) is 7.21. The molecule has 1 aliphatic heterocycles. The van der Waals surface area contributed by atoms with Gasteiger partial charge in [-0.2, -0.15) is 0 Å². The van der Waals surface area contributed by atoms with E-state index in [2.05, 4.69) is 16.8 Å². The van der Waals surface area contributed by atoms with Crippen LogP contribution in [0.25, 0.3) is 0 Å². The van der Waals surface area contributed by atoms with Crippen molar-refractivity contribution in [3.05, 3.63) is 35.9 Å². The van der Waals surface area contributed by atoms with Gasteiger partial charge >= 0.3 is 0 Å². The van der Waals surface area contributed by atoms with Crippen LogP contribution < -0.4 is 0 Å². The molecule has 0 aliphatic carbocycles. The molecule has 1 aliphatic rings. The maximum absolute atomic E-state index is 12.5. The molecular formula is C19H31N3O2. The van der Waals surface area contributed by atoms with Gasteiger partial charge in [-0.3, -0.25) is 9.69 Å². The molecule has 1 amide bonds. The van der Waals surface area contributed by atoms with E-state index < -0.39 is 6.10 Å². The van der Waals surface area contributed by atoms with Crippen molar-refractivity contribution in [1.82, 2.24) is 14.7 Å². The standard InChI is InChI=1S/C19H31N3O2/c1-16(13-17-7-5-4-6-8-17)19(24)21(3)14-18(23)15-22-11-9-20(2)10-12-22/h4-8,16,18,23H,9-15H2,1-3H3. The summed E-state index contributed by atoms with van der Waals surface area (Å²) in [5.41, 5.74) is 1.17. The van der Waals surface area contributed by atoms with E-state index in [1.807, 2.05) is 37.3 Å². The molecule has 0 spiro atoms. The Labute approximate surface area is 145 Å². The van der Waals surface area contributed by atoms with Crippen LogP contribution in [0.2, 0.25) is 0 Å². The summed E-state index contributed by atoms with van der Waals surface area (Å²) in [6.45, 7) is 7.03. The second kappa shape index (κ2) is 9.16. The number of rotatable bonds is 7. The van der Waals surface area contributed by atoms with Crippen molar-refractivity contribution in [2.45, 2.75) is 19.4 Å². The highest BCUT2D eigenvalue weighted by molar-refractivity contribution is 5.78. The van der Waals surface area contributed by atoms with Crippen molar-refractivity contribution < 1.29 is 9.90 Å². The van der Waals surface area contributed by atoms with Crippen LogP contribution in [0, 0.1) is 5.92 Å². The summed E-state index contributed by atoms with van der Waals surface area (Å²) in [6.07, 6.45) is 0.241. The second-order valence-corrected chi connectivity index (χ2v) is 7.07. The van der Waals surface area contributed by atoms with Crippen molar-refractivity contribution >= 4 is 5.91 Å². The molecule has 1 heterocycles. The molecule has 5 nitrogen and oxygen atoms in total. The summed E-state index contributed by atoms with van der Waals surface area (Å²) in [5, 5.41) is 10.3. The first-order valence-corrected chi connectivity index (χ1v) is 8.83. The lowest BCUT2D eigenvalue weighted by Crippen LogP contribution is -2.49. The second-order valence-electron chi connectivity index (χ2n) is 7.07. The molecule has 134 valence electrons. The van der Waals surface area contributed by atoms with E-state index in [4.69, 9.17) is 0 Å². The third-order valence-electron chi connectivity index (χ3n) is 4.73. The third-order valence-corrected chi connectivity index (χ3v) is 4.73. The Morgan fingerprint density at radius 3 is 2.46 bits per heavy atom. The Hall–Kier alpha value is -1.43. The zero-order chi connectivity index (χ0) is 17.5. The van der Waals surface area contributed by atoms with E-state index in [1.165, 1.54) is 5.56 Å². The Morgan fingerprint density at radius 2 is 1.83 bits per heavy atom. The zero-order valence-corrected chi connectivity index (χ0v) is 15.2. The van der Waals surface area contributed by atoms with E-state index >= 15 is 0 Å². The van der Waals surface area contributed by atoms with Gasteiger partial charge in [0.15, 0.2) is 0 Å². The predicted octanol–water partition coefficient (Wildman–Crippen LogP) is 0.932. The highest BCUT2D eigenvalue weighted by Crippen LogP contribution is 2.11. The van der Waals surface area contributed by atoms with Gasteiger partial charge in [0.1, 0.15) is 0 Å². The number of likely N-dealkylation sites (N-methyl/N-ethyl adjacent to an activating group) is 2. The first-order valence-electron chi connectivity index (χ1n) is 8.83. The number of amides is 1. The first kappa shape index (κ1) is 18.9. The van der Waals surface area contributed by atoms with Gasteiger partial charge in [-0.25, -0.2) is 0 Å².